The van der Waals surface area contributed by atoms with Gasteiger partial charge in [0.2, 0.25) is 0 Å². The smallest absolute Gasteiger partial charge is 0.161 e. The van der Waals surface area contributed by atoms with Gasteiger partial charge in [-0.15, -0.1) is 0 Å². The number of nitrogen functional groups attached to an aromatic ring is 1. The number of carbonyl (C=O) groups excluding carboxylic acids is 1. The molecule has 0 amide bonds. The van der Waals surface area contributed by atoms with E-state index in [1.54, 1.807) is 0 Å². The second kappa shape index (κ2) is 3.46. The van der Waals surface area contributed by atoms with Crippen molar-refractivity contribution in [2.24, 2.45) is 0 Å². The molecule has 2 N–H and O–H groups in total. The number of benzene rings is 1. The highest BCUT2D eigenvalue weighted by atomic mass is 35.5. The SMILES string of the molecule is CC(=O)c1cc(N)c(Cl)cc1C#N. The number of anilines is 1. The zero-order chi connectivity index (χ0) is 10.0. The van der Waals surface area contributed by atoms with E-state index >= 15 is 0 Å². The number of nitrogens with zero attached hydrogens (tertiary/aromatic N) is 1. The molecule has 0 fully saturated rings. The van der Waals surface area contributed by atoms with Gasteiger partial charge in [-0.3, -0.25) is 4.79 Å². The number of rotatable bonds is 1. The number of hydrogen-bond acceptors (Lipinski definition) is 3. The summed E-state index contributed by atoms with van der Waals surface area (Å²) in [6.45, 7) is 1.38. The minimum Gasteiger partial charge on any atom is -0.398 e. The lowest BCUT2D eigenvalue weighted by Gasteiger charge is -2.02. The van der Waals surface area contributed by atoms with Gasteiger partial charge in [0.1, 0.15) is 0 Å². The van der Waals surface area contributed by atoms with Crippen LogP contribution in [0.5, 0.6) is 0 Å². The van der Waals surface area contributed by atoms with Crippen LogP contribution in [-0.4, -0.2) is 5.78 Å². The Hall–Kier alpha value is -1.53. The average Bonchev–Trinajstić information content (AvgIpc) is 2.08. The second-order valence-corrected chi connectivity index (χ2v) is 2.99. The zero-order valence-corrected chi connectivity index (χ0v) is 7.72. The van der Waals surface area contributed by atoms with Crippen LogP contribution in [0.4, 0.5) is 5.69 Å². The molecular formula is C9H7ClN2O. The maximum absolute atomic E-state index is 11.0. The predicted molar refractivity (Wildman–Crippen MR) is 50.6 cm³/mol. The van der Waals surface area contributed by atoms with E-state index in [0.717, 1.165) is 0 Å². The van der Waals surface area contributed by atoms with Gasteiger partial charge in [0.05, 0.1) is 22.3 Å². The highest BCUT2D eigenvalue weighted by Crippen LogP contribution is 2.23. The summed E-state index contributed by atoms with van der Waals surface area (Å²) in [7, 11) is 0. The van der Waals surface area contributed by atoms with Crippen molar-refractivity contribution in [3.05, 3.63) is 28.3 Å². The molecule has 0 aliphatic carbocycles. The number of nitriles is 1. The maximum atomic E-state index is 11.0. The van der Waals surface area contributed by atoms with Crippen molar-refractivity contribution < 1.29 is 4.79 Å². The van der Waals surface area contributed by atoms with Gasteiger partial charge in [-0.05, 0) is 19.1 Å². The van der Waals surface area contributed by atoms with Crippen molar-refractivity contribution >= 4 is 23.1 Å². The Morgan fingerprint density at radius 3 is 2.69 bits per heavy atom. The normalized spacial score (nSPS) is 9.31. The number of ketones is 1. The highest BCUT2D eigenvalue weighted by molar-refractivity contribution is 6.33. The monoisotopic (exact) mass is 194 g/mol. The molecule has 0 bridgehead atoms. The van der Waals surface area contributed by atoms with Gasteiger partial charge in [-0.1, -0.05) is 11.6 Å². The van der Waals surface area contributed by atoms with Gasteiger partial charge in [-0.2, -0.15) is 5.26 Å². The Morgan fingerprint density at radius 2 is 2.23 bits per heavy atom. The van der Waals surface area contributed by atoms with Crippen LogP contribution in [-0.2, 0) is 0 Å². The summed E-state index contributed by atoms with van der Waals surface area (Å²) in [5.41, 5.74) is 6.37. The minimum atomic E-state index is -0.195. The molecule has 0 heterocycles. The number of hydrogen-bond donors (Lipinski definition) is 1. The Bertz CT molecular complexity index is 407. The summed E-state index contributed by atoms with van der Waals surface area (Å²) in [6, 6.07) is 4.70. The highest BCUT2D eigenvalue weighted by Gasteiger charge is 2.09. The van der Waals surface area contributed by atoms with Gasteiger partial charge in [0, 0.05) is 5.56 Å². The molecule has 1 aromatic rings. The molecule has 0 aliphatic heterocycles. The maximum Gasteiger partial charge on any atom is 0.161 e. The Balaban J connectivity index is 3.44. The van der Waals surface area contributed by atoms with Crippen LogP contribution in [0.15, 0.2) is 12.1 Å². The van der Waals surface area contributed by atoms with E-state index in [1.165, 1.54) is 19.1 Å². The van der Waals surface area contributed by atoms with Crippen molar-refractivity contribution in [1.82, 2.24) is 0 Å². The van der Waals surface area contributed by atoms with E-state index in [-0.39, 0.29) is 11.3 Å². The number of carbonyl (C=O) groups is 1. The Labute approximate surface area is 80.7 Å². The third-order valence-electron chi connectivity index (χ3n) is 1.64. The third-order valence-corrected chi connectivity index (χ3v) is 1.96. The number of halogens is 1. The van der Waals surface area contributed by atoms with Crippen LogP contribution < -0.4 is 5.73 Å². The van der Waals surface area contributed by atoms with Crippen molar-refractivity contribution in [2.75, 3.05) is 5.73 Å². The predicted octanol–water partition coefficient (Wildman–Crippen LogP) is 2.00. The van der Waals surface area contributed by atoms with Crippen LogP contribution in [0, 0.1) is 11.3 Å². The zero-order valence-electron chi connectivity index (χ0n) is 6.97. The van der Waals surface area contributed by atoms with Gasteiger partial charge in [0.15, 0.2) is 5.78 Å². The van der Waals surface area contributed by atoms with Crippen LogP contribution in [0.2, 0.25) is 5.02 Å². The Kier molecular flexibility index (Phi) is 2.54. The summed E-state index contributed by atoms with van der Waals surface area (Å²) < 4.78 is 0. The summed E-state index contributed by atoms with van der Waals surface area (Å²) in [4.78, 5) is 11.0. The van der Waals surface area contributed by atoms with E-state index < -0.39 is 0 Å². The molecule has 0 atom stereocenters. The number of nitrogens with two attached hydrogens (primary N) is 1. The topological polar surface area (TPSA) is 66.9 Å². The molecule has 1 rings (SSSR count). The number of Topliss-reactive ketones (excluding diaryl/α,β-unsaturated/α-hetero) is 1. The molecule has 0 aliphatic rings. The van der Waals surface area contributed by atoms with Crippen LogP contribution in [0.25, 0.3) is 0 Å². The largest absolute Gasteiger partial charge is 0.398 e. The first-order valence-electron chi connectivity index (χ1n) is 3.56. The first kappa shape index (κ1) is 9.56. The van der Waals surface area contributed by atoms with E-state index in [9.17, 15) is 4.79 Å². The lowest BCUT2D eigenvalue weighted by atomic mass is 10.0. The molecule has 13 heavy (non-hydrogen) atoms. The van der Waals surface area contributed by atoms with E-state index in [1.807, 2.05) is 6.07 Å². The average molecular weight is 195 g/mol. The van der Waals surface area contributed by atoms with Crippen LogP contribution >= 0.6 is 11.6 Å². The van der Waals surface area contributed by atoms with Crippen molar-refractivity contribution in [2.45, 2.75) is 6.92 Å². The first-order valence-corrected chi connectivity index (χ1v) is 3.94. The minimum absolute atomic E-state index is 0.195. The molecule has 3 nitrogen and oxygen atoms in total. The third kappa shape index (κ3) is 1.79. The second-order valence-electron chi connectivity index (χ2n) is 2.59. The van der Waals surface area contributed by atoms with Crippen molar-refractivity contribution in [3.63, 3.8) is 0 Å². The molecule has 0 aromatic heterocycles. The summed E-state index contributed by atoms with van der Waals surface area (Å²) >= 11 is 5.68. The first-order chi connectivity index (χ1) is 6.06. The molecule has 66 valence electrons. The van der Waals surface area contributed by atoms with Gasteiger partial charge >= 0.3 is 0 Å². The molecule has 0 unspecified atom stereocenters. The fourth-order valence-electron chi connectivity index (χ4n) is 0.974. The van der Waals surface area contributed by atoms with Gasteiger partial charge in [0.25, 0.3) is 0 Å². The quantitative estimate of drug-likeness (QED) is 0.549. The molecule has 0 saturated heterocycles. The fourth-order valence-corrected chi connectivity index (χ4v) is 1.14. The molecule has 0 spiro atoms. The van der Waals surface area contributed by atoms with Crippen molar-refractivity contribution in [3.8, 4) is 6.07 Å². The van der Waals surface area contributed by atoms with E-state index in [4.69, 9.17) is 22.6 Å². The van der Waals surface area contributed by atoms with E-state index in [2.05, 4.69) is 0 Å². The summed E-state index contributed by atoms with van der Waals surface area (Å²) in [6.07, 6.45) is 0. The summed E-state index contributed by atoms with van der Waals surface area (Å²) in [5.74, 6) is -0.195. The van der Waals surface area contributed by atoms with Gasteiger partial charge in [-0.25, -0.2) is 0 Å². The van der Waals surface area contributed by atoms with E-state index in [0.29, 0.717) is 16.3 Å². The van der Waals surface area contributed by atoms with Crippen molar-refractivity contribution in [1.29, 1.82) is 5.26 Å². The molecular weight excluding hydrogens is 188 g/mol. The lowest BCUT2D eigenvalue weighted by Crippen LogP contribution is -1.99. The summed E-state index contributed by atoms with van der Waals surface area (Å²) in [5, 5.41) is 8.97. The fraction of sp³-hybridized carbons (Fsp3) is 0.111. The molecule has 1 aromatic carbocycles. The molecule has 4 heteroatoms. The van der Waals surface area contributed by atoms with Crippen LogP contribution in [0.3, 0.4) is 0 Å². The van der Waals surface area contributed by atoms with Gasteiger partial charge < -0.3 is 5.73 Å². The standard InChI is InChI=1S/C9H7ClN2O/c1-5(13)7-3-9(12)8(10)2-6(7)4-11/h2-3H,12H2,1H3. The Morgan fingerprint density at radius 1 is 1.62 bits per heavy atom. The molecule has 0 radical (unpaired) electrons. The lowest BCUT2D eigenvalue weighted by molar-refractivity contribution is 0.101. The molecule has 0 saturated carbocycles. The van der Waals surface area contributed by atoms with Crippen LogP contribution in [0.1, 0.15) is 22.8 Å².